The summed E-state index contributed by atoms with van der Waals surface area (Å²) in [5.74, 6) is 1.43. The van der Waals surface area contributed by atoms with E-state index in [0.717, 1.165) is 73.0 Å². The predicted molar refractivity (Wildman–Crippen MR) is 257 cm³/mol. The summed E-state index contributed by atoms with van der Waals surface area (Å²) >= 11 is 0. The first-order valence-corrected chi connectivity index (χ1v) is 21.0. The fourth-order valence-electron chi connectivity index (χ4n) is 8.85. The van der Waals surface area contributed by atoms with E-state index in [2.05, 4.69) is 207 Å². The number of anilines is 3. The molecule has 7 nitrogen and oxygen atoms in total. The number of nitrogens with zero attached hydrogens (tertiary/aromatic N) is 6. The molecule has 4 heterocycles. The highest BCUT2D eigenvalue weighted by molar-refractivity contribution is 6.19. The lowest BCUT2D eigenvalue weighted by Crippen LogP contribution is -2.44. The second kappa shape index (κ2) is 16.1. The van der Waals surface area contributed by atoms with Gasteiger partial charge in [0, 0.05) is 75.5 Å². The number of rotatable bonds is 9. The van der Waals surface area contributed by atoms with E-state index in [-0.39, 0.29) is 12.1 Å². The van der Waals surface area contributed by atoms with E-state index >= 15 is 0 Å². The van der Waals surface area contributed by atoms with Crippen LogP contribution in [0.1, 0.15) is 11.1 Å². The van der Waals surface area contributed by atoms with Crippen LogP contribution in [0.5, 0.6) is 0 Å². The third-order valence-corrected chi connectivity index (χ3v) is 11.7. The molecule has 0 aliphatic carbocycles. The molecule has 0 saturated carbocycles. The summed E-state index contributed by atoms with van der Waals surface area (Å²) in [6.07, 6.45) is 9.37. The monoisotopic (exact) mass is 799 g/mol. The van der Waals surface area contributed by atoms with Crippen LogP contribution in [0.25, 0.3) is 49.7 Å². The summed E-state index contributed by atoms with van der Waals surface area (Å²) in [6.45, 7) is 0.632. The van der Waals surface area contributed by atoms with Crippen LogP contribution in [0.15, 0.2) is 228 Å². The first-order chi connectivity index (χ1) is 30.8. The summed E-state index contributed by atoms with van der Waals surface area (Å²) < 4.78 is 2.38. The second-order valence-electron chi connectivity index (χ2n) is 15.5. The SMILES string of the molecule is C1=CC(C2N=C(c3cccnc3)N=C(c3cc(-c4ccccc4)c(N(c4ccccc4)c4cccc5c4c4ccccc4n5-c4ccccc4)c(-c4ccccc4)c3)N2)CN=C1. The van der Waals surface area contributed by atoms with Gasteiger partial charge in [0.25, 0.3) is 0 Å². The molecule has 0 radical (unpaired) electrons. The van der Waals surface area contributed by atoms with Crippen LogP contribution < -0.4 is 10.2 Å². The van der Waals surface area contributed by atoms with Gasteiger partial charge in [0.2, 0.25) is 0 Å². The third-order valence-electron chi connectivity index (χ3n) is 11.7. The van der Waals surface area contributed by atoms with Crippen LogP contribution in [-0.2, 0) is 0 Å². The van der Waals surface area contributed by atoms with Gasteiger partial charge in [-0.25, -0.2) is 9.98 Å². The van der Waals surface area contributed by atoms with Gasteiger partial charge < -0.3 is 14.8 Å². The minimum absolute atomic E-state index is 0.0470. The number of aliphatic imine (C=N–C) groups is 3. The van der Waals surface area contributed by atoms with E-state index in [1.54, 1.807) is 6.20 Å². The van der Waals surface area contributed by atoms with Gasteiger partial charge in [-0.05, 0) is 83.9 Å². The van der Waals surface area contributed by atoms with Crippen LogP contribution >= 0.6 is 0 Å². The van der Waals surface area contributed by atoms with Gasteiger partial charge in [-0.2, -0.15) is 0 Å². The molecule has 62 heavy (non-hydrogen) atoms. The Morgan fingerprint density at radius 1 is 0.597 bits per heavy atom. The Bertz CT molecular complexity index is 3110. The normalized spacial score (nSPS) is 15.9. The Labute approximate surface area is 360 Å². The first-order valence-electron chi connectivity index (χ1n) is 21.0. The third kappa shape index (κ3) is 6.75. The van der Waals surface area contributed by atoms with Gasteiger partial charge in [0.15, 0.2) is 5.84 Å². The predicted octanol–water partition coefficient (Wildman–Crippen LogP) is 12.4. The summed E-state index contributed by atoms with van der Waals surface area (Å²) in [6, 6.07) is 66.8. The molecule has 2 aliphatic heterocycles. The molecule has 9 aromatic rings. The molecule has 2 atom stereocenters. The average Bonchev–Trinajstić information content (AvgIpc) is 3.70. The van der Waals surface area contributed by atoms with Crippen molar-refractivity contribution >= 4 is 56.8 Å². The number of allylic oxidation sites excluding steroid dienone is 1. The summed E-state index contributed by atoms with van der Waals surface area (Å²) in [7, 11) is 0. The Morgan fingerprint density at radius 2 is 1.24 bits per heavy atom. The number of aromatic nitrogens is 2. The number of benzene rings is 7. The van der Waals surface area contributed by atoms with Crippen molar-refractivity contribution in [2.75, 3.05) is 11.4 Å². The number of hydrogen-bond donors (Lipinski definition) is 1. The molecule has 2 unspecified atom stereocenters. The molecule has 2 aromatic heterocycles. The van der Waals surface area contributed by atoms with Crippen molar-refractivity contribution in [2.45, 2.75) is 6.17 Å². The van der Waals surface area contributed by atoms with Crippen molar-refractivity contribution in [3.05, 3.63) is 224 Å². The van der Waals surface area contributed by atoms with E-state index in [0.29, 0.717) is 12.4 Å². The lowest BCUT2D eigenvalue weighted by atomic mass is 9.91. The van der Waals surface area contributed by atoms with E-state index < -0.39 is 0 Å². The van der Waals surface area contributed by atoms with Gasteiger partial charge in [0.1, 0.15) is 12.0 Å². The standard InChI is InChI=1S/C55H41N7/c1-5-18-38(19-6-1)46-34-42(55-59-53(40-22-16-32-56-36-40)58-54(60-55)41-23-17-33-57-37-41)35-47(39-20-7-2-8-21-39)52(46)62(44-26-11-4-12-27-44)50-31-15-30-49-51(50)45-28-13-14-29-48(45)61(49)43-24-9-3-10-25-43/h1-36,41,54H,37H2,(H,58,59,60). The molecule has 2 aliphatic rings. The highest BCUT2D eigenvalue weighted by atomic mass is 15.2. The quantitative estimate of drug-likeness (QED) is 0.158. The fourth-order valence-corrected chi connectivity index (χ4v) is 8.85. The Morgan fingerprint density at radius 3 is 1.92 bits per heavy atom. The zero-order valence-electron chi connectivity index (χ0n) is 33.8. The number of dihydropyridines is 1. The minimum atomic E-state index is -0.285. The van der Waals surface area contributed by atoms with Crippen LogP contribution in [0.3, 0.4) is 0 Å². The summed E-state index contributed by atoms with van der Waals surface area (Å²) in [4.78, 5) is 21.9. The van der Waals surface area contributed by atoms with Crippen LogP contribution in [-0.4, -0.2) is 40.1 Å². The molecular formula is C55H41N7. The molecule has 0 bridgehead atoms. The molecule has 0 fully saturated rings. The first kappa shape index (κ1) is 36.9. The van der Waals surface area contributed by atoms with Crippen molar-refractivity contribution in [3.8, 4) is 27.9 Å². The highest BCUT2D eigenvalue weighted by Gasteiger charge is 2.30. The number of para-hydroxylation sites is 3. The second-order valence-corrected chi connectivity index (χ2v) is 15.5. The Balaban J connectivity index is 1.21. The van der Waals surface area contributed by atoms with Crippen molar-refractivity contribution < 1.29 is 0 Å². The lowest BCUT2D eigenvalue weighted by molar-refractivity contribution is 0.481. The Hall–Kier alpha value is -8.16. The number of amidine groups is 2. The molecular weight excluding hydrogens is 759 g/mol. The van der Waals surface area contributed by atoms with Gasteiger partial charge in [-0.1, -0.05) is 127 Å². The van der Waals surface area contributed by atoms with Crippen LogP contribution in [0.4, 0.5) is 17.1 Å². The lowest BCUT2D eigenvalue weighted by Gasteiger charge is -2.32. The van der Waals surface area contributed by atoms with E-state index in [9.17, 15) is 0 Å². The molecule has 11 rings (SSSR count). The van der Waals surface area contributed by atoms with Crippen molar-refractivity contribution in [2.24, 2.45) is 20.9 Å². The molecule has 1 N–H and O–H groups in total. The molecule has 7 aromatic carbocycles. The van der Waals surface area contributed by atoms with Gasteiger partial charge in [-0.3, -0.25) is 9.98 Å². The van der Waals surface area contributed by atoms with Crippen molar-refractivity contribution in [3.63, 3.8) is 0 Å². The summed E-state index contributed by atoms with van der Waals surface area (Å²) in [5, 5.41) is 6.12. The molecule has 296 valence electrons. The molecule has 0 amide bonds. The number of fused-ring (bicyclic) bond motifs is 3. The van der Waals surface area contributed by atoms with E-state index in [1.165, 1.54) is 10.8 Å². The smallest absolute Gasteiger partial charge is 0.160 e. The van der Waals surface area contributed by atoms with Crippen molar-refractivity contribution in [1.82, 2.24) is 14.9 Å². The number of nitrogens with one attached hydrogen (secondary N) is 1. The average molecular weight is 800 g/mol. The zero-order valence-corrected chi connectivity index (χ0v) is 33.8. The number of pyridine rings is 1. The zero-order chi connectivity index (χ0) is 41.2. The van der Waals surface area contributed by atoms with E-state index in [1.807, 2.05) is 30.6 Å². The Kier molecular flexibility index (Phi) is 9.59. The summed E-state index contributed by atoms with van der Waals surface area (Å²) in [5.41, 5.74) is 12.7. The van der Waals surface area contributed by atoms with Gasteiger partial charge >= 0.3 is 0 Å². The molecule has 0 spiro atoms. The largest absolute Gasteiger partial charge is 0.347 e. The van der Waals surface area contributed by atoms with Crippen LogP contribution in [0.2, 0.25) is 0 Å². The van der Waals surface area contributed by atoms with Gasteiger partial charge in [0.05, 0.1) is 22.4 Å². The number of hydrogen-bond acceptors (Lipinski definition) is 6. The minimum Gasteiger partial charge on any atom is -0.347 e. The fraction of sp³-hybridized carbons (Fsp3) is 0.0545. The molecule has 0 saturated heterocycles. The van der Waals surface area contributed by atoms with Crippen molar-refractivity contribution in [1.29, 1.82) is 0 Å². The maximum atomic E-state index is 5.27. The highest BCUT2D eigenvalue weighted by Crippen LogP contribution is 2.50. The molecule has 7 heteroatoms. The maximum Gasteiger partial charge on any atom is 0.160 e. The van der Waals surface area contributed by atoms with Gasteiger partial charge in [-0.15, -0.1) is 0 Å². The maximum absolute atomic E-state index is 5.27. The topological polar surface area (TPSA) is 70.2 Å². The van der Waals surface area contributed by atoms with Crippen LogP contribution in [0, 0.1) is 5.92 Å². The van der Waals surface area contributed by atoms with E-state index in [4.69, 9.17) is 9.98 Å².